The first kappa shape index (κ1) is 16.9. The molecule has 11 heteroatoms. The van der Waals surface area contributed by atoms with Gasteiger partial charge in [0.05, 0.1) is 30.6 Å². The topological polar surface area (TPSA) is 105 Å². The van der Waals surface area contributed by atoms with Crippen molar-refractivity contribution >= 4 is 23.9 Å². The predicted octanol–water partition coefficient (Wildman–Crippen LogP) is 0.935. The minimum atomic E-state index is -0.469. The number of carbonyl (C=O) groups is 1. The van der Waals surface area contributed by atoms with Gasteiger partial charge in [-0.3, -0.25) is 9.36 Å². The zero-order chi connectivity index (χ0) is 17.8. The van der Waals surface area contributed by atoms with Crippen LogP contribution in [0.2, 0.25) is 0 Å². The van der Waals surface area contributed by atoms with Gasteiger partial charge < -0.3 is 4.74 Å². The van der Waals surface area contributed by atoms with Crippen LogP contribution in [0.1, 0.15) is 21.9 Å². The summed E-state index contributed by atoms with van der Waals surface area (Å²) in [5.41, 5.74) is 2.05. The summed E-state index contributed by atoms with van der Waals surface area (Å²) >= 11 is 1.39. The first-order chi connectivity index (χ1) is 12.1. The van der Waals surface area contributed by atoms with E-state index in [1.165, 1.54) is 25.2 Å². The van der Waals surface area contributed by atoms with Gasteiger partial charge in [-0.2, -0.15) is 20.0 Å². The van der Waals surface area contributed by atoms with Crippen molar-refractivity contribution in [3.8, 4) is 0 Å². The molecule has 0 aliphatic carbocycles. The molecule has 0 radical (unpaired) electrons. The zero-order valence-electron chi connectivity index (χ0n) is 13.9. The quantitative estimate of drug-likeness (QED) is 0.366. The summed E-state index contributed by atoms with van der Waals surface area (Å²) in [6.07, 6.45) is 4.91. The van der Waals surface area contributed by atoms with Gasteiger partial charge in [-0.05, 0) is 19.1 Å². The molecule has 0 aromatic carbocycles. The number of esters is 1. The number of rotatable bonds is 6. The highest BCUT2D eigenvalue weighted by Gasteiger charge is 2.10. The summed E-state index contributed by atoms with van der Waals surface area (Å²) in [5.74, 6) is -0.0151. The van der Waals surface area contributed by atoms with E-state index in [2.05, 4.69) is 30.2 Å². The van der Waals surface area contributed by atoms with Gasteiger partial charge in [0.15, 0.2) is 5.69 Å². The van der Waals surface area contributed by atoms with Crippen LogP contribution in [0.25, 0.3) is 0 Å². The molecule has 130 valence electrons. The standard InChI is InChI=1S/C14H16N8O2S/c1-10-6-11(20(2)18-10)7-16-22-8-15-17-14(22)25-9-21-5-4-12(19-21)13(23)24-3/h4-8H,9H2,1-3H3/b16-7+. The molecule has 0 aliphatic heterocycles. The Balaban J connectivity index is 1.67. The van der Waals surface area contributed by atoms with E-state index < -0.39 is 5.97 Å². The Morgan fingerprint density at radius 2 is 2.28 bits per heavy atom. The summed E-state index contributed by atoms with van der Waals surface area (Å²) in [5, 5.41) is 21.3. The fraction of sp³-hybridized carbons (Fsp3) is 0.286. The molecule has 25 heavy (non-hydrogen) atoms. The number of thioether (sulfide) groups is 1. The lowest BCUT2D eigenvalue weighted by Crippen LogP contribution is -2.04. The molecule has 0 spiro atoms. The second-order valence-corrected chi connectivity index (χ2v) is 5.95. The maximum Gasteiger partial charge on any atom is 0.358 e. The second kappa shape index (κ2) is 7.30. The van der Waals surface area contributed by atoms with Crippen LogP contribution in [0.15, 0.2) is 34.9 Å². The average molecular weight is 360 g/mol. The maximum absolute atomic E-state index is 11.4. The van der Waals surface area contributed by atoms with Gasteiger partial charge in [-0.15, -0.1) is 10.2 Å². The lowest BCUT2D eigenvalue weighted by atomic mass is 10.4. The number of hydrogen-bond acceptors (Lipinski definition) is 8. The van der Waals surface area contributed by atoms with Crippen LogP contribution >= 0.6 is 11.8 Å². The number of aryl methyl sites for hydroxylation is 2. The van der Waals surface area contributed by atoms with Crippen molar-refractivity contribution in [2.45, 2.75) is 18.0 Å². The van der Waals surface area contributed by atoms with Gasteiger partial charge >= 0.3 is 5.97 Å². The molecule has 10 nitrogen and oxygen atoms in total. The molecule has 0 N–H and O–H groups in total. The highest BCUT2D eigenvalue weighted by molar-refractivity contribution is 7.98. The first-order valence-electron chi connectivity index (χ1n) is 7.26. The van der Waals surface area contributed by atoms with Gasteiger partial charge in [0.25, 0.3) is 0 Å². The van der Waals surface area contributed by atoms with Crippen molar-refractivity contribution in [3.05, 3.63) is 41.7 Å². The third-order valence-corrected chi connectivity index (χ3v) is 4.13. The SMILES string of the molecule is COC(=O)c1ccn(CSc2nncn2/N=C/c2cc(C)nn2C)n1. The zero-order valence-corrected chi connectivity index (χ0v) is 14.7. The third kappa shape index (κ3) is 3.94. The van der Waals surface area contributed by atoms with Crippen molar-refractivity contribution in [2.75, 3.05) is 7.11 Å². The molecular formula is C14H16N8O2S. The van der Waals surface area contributed by atoms with Crippen molar-refractivity contribution in [1.29, 1.82) is 0 Å². The monoisotopic (exact) mass is 360 g/mol. The lowest BCUT2D eigenvalue weighted by molar-refractivity contribution is 0.0593. The number of carbonyl (C=O) groups excluding carboxylic acids is 1. The predicted molar refractivity (Wildman–Crippen MR) is 90.4 cm³/mol. The molecule has 0 saturated carbocycles. The van der Waals surface area contributed by atoms with Gasteiger partial charge in [-0.1, -0.05) is 11.8 Å². The van der Waals surface area contributed by atoms with Crippen LogP contribution in [0.4, 0.5) is 0 Å². The summed E-state index contributed by atoms with van der Waals surface area (Å²) in [6.45, 7) is 1.92. The average Bonchev–Trinajstić information content (AvgIpc) is 3.30. The number of nitrogens with zero attached hydrogens (tertiary/aromatic N) is 8. The Morgan fingerprint density at radius 1 is 1.44 bits per heavy atom. The van der Waals surface area contributed by atoms with Crippen molar-refractivity contribution in [3.63, 3.8) is 0 Å². The van der Waals surface area contributed by atoms with Gasteiger partial charge in [0.1, 0.15) is 6.33 Å². The molecule has 3 aromatic heterocycles. The number of ether oxygens (including phenoxy) is 1. The molecule has 3 rings (SSSR count). The van der Waals surface area contributed by atoms with E-state index in [4.69, 9.17) is 0 Å². The van der Waals surface area contributed by atoms with E-state index in [9.17, 15) is 4.79 Å². The number of aromatic nitrogens is 7. The number of hydrogen-bond donors (Lipinski definition) is 0. The van der Waals surface area contributed by atoms with Gasteiger partial charge in [0.2, 0.25) is 5.16 Å². The Kier molecular flexibility index (Phi) is 4.93. The van der Waals surface area contributed by atoms with Crippen molar-refractivity contribution in [1.82, 2.24) is 34.4 Å². The van der Waals surface area contributed by atoms with E-state index in [0.29, 0.717) is 11.0 Å². The third-order valence-electron chi connectivity index (χ3n) is 3.21. The molecule has 3 heterocycles. The fourth-order valence-electron chi connectivity index (χ4n) is 2.04. The smallest absolute Gasteiger partial charge is 0.358 e. The molecule has 0 amide bonds. The summed E-state index contributed by atoms with van der Waals surface area (Å²) in [7, 11) is 3.17. The minimum Gasteiger partial charge on any atom is -0.464 e. The Labute approximate surface area is 147 Å². The van der Waals surface area contributed by atoms with Crippen LogP contribution in [-0.2, 0) is 17.7 Å². The largest absolute Gasteiger partial charge is 0.464 e. The first-order valence-corrected chi connectivity index (χ1v) is 8.25. The van der Waals surface area contributed by atoms with Gasteiger partial charge in [0, 0.05) is 13.2 Å². The van der Waals surface area contributed by atoms with Crippen LogP contribution in [0.5, 0.6) is 0 Å². The second-order valence-electron chi connectivity index (χ2n) is 5.04. The lowest BCUT2D eigenvalue weighted by Gasteiger charge is -2.01. The van der Waals surface area contributed by atoms with Crippen LogP contribution < -0.4 is 0 Å². The Hall–Kier alpha value is -2.95. The summed E-state index contributed by atoms with van der Waals surface area (Å²) in [4.78, 5) is 11.4. The van der Waals surface area contributed by atoms with E-state index in [-0.39, 0.29) is 5.69 Å². The fourth-order valence-corrected chi connectivity index (χ4v) is 2.76. The molecule has 0 fully saturated rings. The van der Waals surface area contributed by atoms with Crippen LogP contribution in [0, 0.1) is 6.92 Å². The Morgan fingerprint density at radius 3 is 3.00 bits per heavy atom. The normalized spacial score (nSPS) is 11.3. The molecule has 0 aliphatic rings. The van der Waals surface area contributed by atoms with Gasteiger partial charge in [-0.25, -0.2) is 4.79 Å². The molecule has 0 atom stereocenters. The van der Waals surface area contributed by atoms with Crippen molar-refractivity contribution < 1.29 is 9.53 Å². The highest BCUT2D eigenvalue weighted by Crippen LogP contribution is 2.17. The number of methoxy groups -OCH3 is 1. The van der Waals surface area contributed by atoms with E-state index in [1.54, 1.807) is 32.5 Å². The van der Waals surface area contributed by atoms with E-state index in [0.717, 1.165) is 11.4 Å². The van der Waals surface area contributed by atoms with Crippen LogP contribution in [0.3, 0.4) is 0 Å². The minimum absolute atomic E-state index is 0.258. The molecular weight excluding hydrogens is 344 g/mol. The molecule has 3 aromatic rings. The van der Waals surface area contributed by atoms with Crippen molar-refractivity contribution in [2.24, 2.45) is 12.1 Å². The summed E-state index contributed by atoms with van der Waals surface area (Å²) in [6, 6.07) is 3.53. The van der Waals surface area contributed by atoms with E-state index >= 15 is 0 Å². The maximum atomic E-state index is 11.4. The van der Waals surface area contributed by atoms with E-state index in [1.807, 2.05) is 20.0 Å². The molecule has 0 unspecified atom stereocenters. The molecule has 0 saturated heterocycles. The summed E-state index contributed by atoms with van der Waals surface area (Å²) < 4.78 is 9.56. The molecule has 0 bridgehead atoms. The van der Waals surface area contributed by atoms with Crippen LogP contribution in [-0.4, -0.2) is 53.7 Å². The Bertz CT molecular complexity index is 910. The highest BCUT2D eigenvalue weighted by atomic mass is 32.2.